The summed E-state index contributed by atoms with van der Waals surface area (Å²) in [4.78, 5) is 18.0. The first-order chi connectivity index (χ1) is 10.1. The van der Waals surface area contributed by atoms with E-state index in [4.69, 9.17) is 4.74 Å². The molecule has 0 bridgehead atoms. The molecule has 0 saturated heterocycles. The number of nitrogens with zero attached hydrogens (tertiary/aromatic N) is 2. The van der Waals surface area contributed by atoms with Crippen LogP contribution in [0, 0.1) is 5.82 Å². The lowest BCUT2D eigenvalue weighted by Gasteiger charge is -2.15. The Hall–Kier alpha value is -2.27. The van der Waals surface area contributed by atoms with Crippen LogP contribution in [0.25, 0.3) is 0 Å². The van der Waals surface area contributed by atoms with Gasteiger partial charge in [0.05, 0.1) is 13.7 Å². The van der Waals surface area contributed by atoms with E-state index in [0.29, 0.717) is 12.1 Å². The van der Waals surface area contributed by atoms with Crippen LogP contribution in [0.1, 0.15) is 15.9 Å². The fraction of sp³-hybridized carbons (Fsp3) is 0.250. The summed E-state index contributed by atoms with van der Waals surface area (Å²) in [5.41, 5.74) is 1.36. The summed E-state index contributed by atoms with van der Waals surface area (Å²) in [6, 6.07) is 8.04. The number of methoxy groups -OCH3 is 1. The van der Waals surface area contributed by atoms with E-state index in [1.54, 1.807) is 18.5 Å². The minimum Gasteiger partial charge on any atom is -0.494 e. The Morgan fingerprint density at radius 2 is 2.19 bits per heavy atom. The summed E-state index contributed by atoms with van der Waals surface area (Å²) in [6.07, 6.45) is 3.46. The zero-order valence-corrected chi connectivity index (χ0v) is 12.0. The average Bonchev–Trinajstić information content (AvgIpc) is 2.48. The molecule has 0 N–H and O–H groups in total. The van der Waals surface area contributed by atoms with Gasteiger partial charge in [-0.2, -0.15) is 0 Å². The highest BCUT2D eigenvalue weighted by Gasteiger charge is 2.12. The number of carbonyl (C=O) groups excluding carboxylic acids is 1. The molecule has 1 aromatic heterocycles. The van der Waals surface area contributed by atoms with Gasteiger partial charge in [-0.05, 0) is 36.9 Å². The molecule has 1 heterocycles. The smallest absolute Gasteiger partial charge is 0.176 e. The van der Waals surface area contributed by atoms with Crippen LogP contribution >= 0.6 is 0 Å². The van der Waals surface area contributed by atoms with Crippen molar-refractivity contribution >= 4 is 5.78 Å². The predicted octanol–water partition coefficient (Wildman–Crippen LogP) is 2.54. The zero-order chi connectivity index (χ0) is 15.2. The van der Waals surface area contributed by atoms with Gasteiger partial charge in [-0.25, -0.2) is 4.39 Å². The summed E-state index contributed by atoms with van der Waals surface area (Å²) in [5.74, 6) is -0.531. The van der Waals surface area contributed by atoms with Crippen LogP contribution < -0.4 is 4.74 Å². The maximum absolute atomic E-state index is 13.6. The van der Waals surface area contributed by atoms with E-state index in [2.05, 4.69) is 4.98 Å². The molecule has 0 fully saturated rings. The van der Waals surface area contributed by atoms with Crippen LogP contribution in [-0.2, 0) is 6.54 Å². The molecule has 0 aliphatic rings. The van der Waals surface area contributed by atoms with E-state index in [1.165, 1.54) is 19.2 Å². The number of hydrogen-bond donors (Lipinski definition) is 0. The first kappa shape index (κ1) is 15.1. The average molecular weight is 288 g/mol. The standard InChI is InChI=1S/C16H17FN2O2/c1-19(10-12-4-3-7-18-9-12)11-15(20)13-5-6-16(21-2)14(17)8-13/h3-9H,10-11H2,1-2H3. The van der Waals surface area contributed by atoms with E-state index < -0.39 is 5.82 Å². The van der Waals surface area contributed by atoms with Crippen molar-refractivity contribution in [3.63, 3.8) is 0 Å². The molecular weight excluding hydrogens is 271 g/mol. The van der Waals surface area contributed by atoms with E-state index in [-0.39, 0.29) is 18.1 Å². The molecule has 110 valence electrons. The molecule has 0 atom stereocenters. The van der Waals surface area contributed by atoms with Crippen LogP contribution in [0.3, 0.4) is 0 Å². The van der Waals surface area contributed by atoms with Gasteiger partial charge in [0, 0.05) is 24.5 Å². The Morgan fingerprint density at radius 3 is 2.81 bits per heavy atom. The number of benzene rings is 1. The monoisotopic (exact) mass is 288 g/mol. The Kier molecular flexibility index (Phi) is 5.00. The third kappa shape index (κ3) is 4.10. The Labute approximate surface area is 123 Å². The SMILES string of the molecule is COc1ccc(C(=O)CN(C)Cc2cccnc2)cc1F. The number of likely N-dealkylation sites (N-methyl/N-ethyl adjacent to an activating group) is 1. The van der Waals surface area contributed by atoms with Gasteiger partial charge >= 0.3 is 0 Å². The van der Waals surface area contributed by atoms with Crippen LogP contribution in [0.15, 0.2) is 42.7 Å². The van der Waals surface area contributed by atoms with Crippen molar-refractivity contribution in [1.29, 1.82) is 0 Å². The number of rotatable bonds is 6. The van der Waals surface area contributed by atoms with Crippen molar-refractivity contribution < 1.29 is 13.9 Å². The van der Waals surface area contributed by atoms with E-state index in [1.807, 2.05) is 24.1 Å². The molecule has 0 saturated carbocycles. The highest BCUT2D eigenvalue weighted by atomic mass is 19.1. The van der Waals surface area contributed by atoms with Gasteiger partial charge in [0.1, 0.15) is 0 Å². The lowest BCUT2D eigenvalue weighted by atomic mass is 10.1. The second-order valence-electron chi connectivity index (χ2n) is 4.81. The van der Waals surface area contributed by atoms with Gasteiger partial charge in [0.25, 0.3) is 0 Å². The number of Topliss-reactive ketones (excluding diaryl/α,β-unsaturated/α-hetero) is 1. The Morgan fingerprint density at radius 1 is 1.38 bits per heavy atom. The molecule has 5 heteroatoms. The van der Waals surface area contributed by atoms with Crippen LogP contribution in [0.4, 0.5) is 4.39 Å². The van der Waals surface area contributed by atoms with E-state index in [9.17, 15) is 9.18 Å². The number of ketones is 1. The molecule has 4 nitrogen and oxygen atoms in total. The summed E-state index contributed by atoms with van der Waals surface area (Å²) < 4.78 is 18.4. The number of halogens is 1. The van der Waals surface area contributed by atoms with Gasteiger partial charge < -0.3 is 4.74 Å². The van der Waals surface area contributed by atoms with E-state index >= 15 is 0 Å². The van der Waals surface area contributed by atoms with Gasteiger partial charge in [-0.3, -0.25) is 14.7 Å². The van der Waals surface area contributed by atoms with E-state index in [0.717, 1.165) is 5.56 Å². The predicted molar refractivity (Wildman–Crippen MR) is 77.9 cm³/mol. The summed E-state index contributed by atoms with van der Waals surface area (Å²) in [6.45, 7) is 0.818. The van der Waals surface area contributed by atoms with Gasteiger partial charge in [0.15, 0.2) is 17.3 Å². The van der Waals surface area contributed by atoms with Gasteiger partial charge in [-0.1, -0.05) is 6.07 Å². The third-order valence-electron chi connectivity index (χ3n) is 3.06. The normalized spacial score (nSPS) is 10.7. The quantitative estimate of drug-likeness (QED) is 0.766. The molecule has 0 spiro atoms. The molecule has 1 aromatic carbocycles. The van der Waals surface area contributed by atoms with Crippen molar-refractivity contribution in [3.8, 4) is 5.75 Å². The number of carbonyl (C=O) groups is 1. The van der Waals surface area contributed by atoms with Crippen molar-refractivity contribution in [2.75, 3.05) is 20.7 Å². The summed E-state index contributed by atoms with van der Waals surface area (Å²) in [5, 5.41) is 0. The largest absolute Gasteiger partial charge is 0.494 e. The minimum atomic E-state index is -0.529. The highest BCUT2D eigenvalue weighted by molar-refractivity contribution is 5.97. The van der Waals surface area contributed by atoms with Crippen molar-refractivity contribution in [1.82, 2.24) is 9.88 Å². The topological polar surface area (TPSA) is 42.4 Å². The number of ether oxygens (including phenoxy) is 1. The van der Waals surface area contributed by atoms with Crippen LogP contribution in [-0.4, -0.2) is 36.4 Å². The highest BCUT2D eigenvalue weighted by Crippen LogP contribution is 2.18. The fourth-order valence-corrected chi connectivity index (χ4v) is 2.04. The molecule has 0 radical (unpaired) electrons. The summed E-state index contributed by atoms with van der Waals surface area (Å²) >= 11 is 0. The molecule has 0 aliphatic carbocycles. The summed E-state index contributed by atoms with van der Waals surface area (Å²) in [7, 11) is 3.23. The fourth-order valence-electron chi connectivity index (χ4n) is 2.04. The maximum Gasteiger partial charge on any atom is 0.176 e. The number of pyridine rings is 1. The molecule has 0 unspecified atom stereocenters. The first-order valence-electron chi connectivity index (χ1n) is 6.54. The second kappa shape index (κ2) is 6.95. The maximum atomic E-state index is 13.6. The molecule has 2 rings (SSSR count). The van der Waals surface area contributed by atoms with Crippen molar-refractivity contribution in [2.45, 2.75) is 6.54 Å². The second-order valence-corrected chi connectivity index (χ2v) is 4.81. The molecule has 2 aromatic rings. The molecule has 21 heavy (non-hydrogen) atoms. The first-order valence-corrected chi connectivity index (χ1v) is 6.54. The third-order valence-corrected chi connectivity index (χ3v) is 3.06. The lowest BCUT2D eigenvalue weighted by Crippen LogP contribution is -2.25. The minimum absolute atomic E-state index is 0.135. The van der Waals surface area contributed by atoms with Crippen molar-refractivity contribution in [2.24, 2.45) is 0 Å². The lowest BCUT2D eigenvalue weighted by molar-refractivity contribution is 0.0942. The number of hydrogen-bond acceptors (Lipinski definition) is 4. The van der Waals surface area contributed by atoms with Gasteiger partial charge in [-0.15, -0.1) is 0 Å². The molecule has 0 amide bonds. The number of aromatic nitrogens is 1. The molecular formula is C16H17FN2O2. The van der Waals surface area contributed by atoms with Gasteiger partial charge in [0.2, 0.25) is 0 Å². The zero-order valence-electron chi connectivity index (χ0n) is 12.0. The Bertz CT molecular complexity index is 617. The van der Waals surface area contributed by atoms with Crippen LogP contribution in [0.5, 0.6) is 5.75 Å². The van der Waals surface area contributed by atoms with Crippen molar-refractivity contribution in [3.05, 3.63) is 59.7 Å². The van der Waals surface area contributed by atoms with Crippen LogP contribution in [0.2, 0.25) is 0 Å². The Balaban J connectivity index is 1.99. The molecule has 0 aliphatic heterocycles.